The zero-order valence-corrected chi connectivity index (χ0v) is 24.3. The van der Waals surface area contributed by atoms with Crippen LogP contribution in [0, 0.1) is 12.7 Å². The molecule has 3 aromatic rings. The Morgan fingerprint density at radius 2 is 2.02 bits per heavy atom. The van der Waals surface area contributed by atoms with Crippen LogP contribution in [0.5, 0.6) is 5.75 Å². The van der Waals surface area contributed by atoms with E-state index in [0.29, 0.717) is 49.6 Å². The van der Waals surface area contributed by atoms with Gasteiger partial charge in [0.15, 0.2) is 5.82 Å². The number of piperazine rings is 1. The van der Waals surface area contributed by atoms with Crippen LogP contribution in [0.25, 0.3) is 11.3 Å². The van der Waals surface area contributed by atoms with Crippen LogP contribution in [0.4, 0.5) is 15.9 Å². The van der Waals surface area contributed by atoms with E-state index >= 15 is 4.39 Å². The number of phenolic OH excluding ortho intramolecular Hbond substituents is 1. The van der Waals surface area contributed by atoms with Crippen LogP contribution in [-0.4, -0.2) is 70.8 Å². The van der Waals surface area contributed by atoms with Crippen LogP contribution in [0.3, 0.4) is 0 Å². The number of aryl methyl sites for hydroxylation is 2. The molecule has 1 fully saturated rings. The predicted molar refractivity (Wildman–Crippen MR) is 160 cm³/mol. The SMILES string of the molecule is C=CC(=O)N1CCN(C(=NC)c2cc(Cl)c(-c3c(O)cccc3F)nc2N(C=O)c2c(C)cccc2CC)C(C)C1. The molecule has 1 atom stereocenters. The lowest BCUT2D eigenvalue weighted by Gasteiger charge is -2.41. The molecule has 1 aliphatic heterocycles. The molecule has 0 radical (unpaired) electrons. The standard InChI is InChI=1S/C31H33ClFN5O3/c1-6-21-11-8-10-19(3)29(21)38(18-39)31-22(16-23(32)28(35-31)27-24(33)12-9-13-25(27)40)30(34-5)37-15-14-36(17-20(37)4)26(41)7-2/h7-13,16,18,20,40H,2,6,14-15,17H2,1,3-5H3. The Morgan fingerprint density at radius 1 is 1.29 bits per heavy atom. The van der Waals surface area contributed by atoms with E-state index in [0.717, 1.165) is 11.1 Å². The molecule has 1 saturated heterocycles. The zero-order valence-electron chi connectivity index (χ0n) is 23.6. The fraction of sp³-hybridized carbons (Fsp3) is 0.290. The first kappa shape index (κ1) is 29.7. The quantitative estimate of drug-likeness (QED) is 0.173. The van der Waals surface area contributed by atoms with E-state index in [4.69, 9.17) is 16.6 Å². The molecule has 0 aliphatic carbocycles. The Kier molecular flexibility index (Phi) is 9.08. The molecular formula is C31H33ClFN5O3. The third kappa shape index (κ3) is 5.67. The number of aromatic hydroxyl groups is 1. The van der Waals surface area contributed by atoms with Crippen molar-refractivity contribution in [1.82, 2.24) is 14.8 Å². The molecule has 8 nitrogen and oxygen atoms in total. The van der Waals surface area contributed by atoms with E-state index in [9.17, 15) is 14.7 Å². The minimum Gasteiger partial charge on any atom is -0.507 e. The summed E-state index contributed by atoms with van der Waals surface area (Å²) in [6.07, 6.45) is 2.62. The number of carbonyl (C=O) groups is 2. The highest BCUT2D eigenvalue weighted by molar-refractivity contribution is 6.33. The van der Waals surface area contributed by atoms with Gasteiger partial charge in [-0.15, -0.1) is 0 Å². The molecule has 4 rings (SSSR count). The molecule has 2 aromatic carbocycles. The van der Waals surface area contributed by atoms with E-state index in [2.05, 4.69) is 11.6 Å². The number of carbonyl (C=O) groups excluding carboxylic acids is 2. The minimum atomic E-state index is -0.707. The monoisotopic (exact) mass is 577 g/mol. The summed E-state index contributed by atoms with van der Waals surface area (Å²) < 4.78 is 15.0. The third-order valence-electron chi connectivity index (χ3n) is 7.30. The molecule has 10 heteroatoms. The molecule has 2 heterocycles. The summed E-state index contributed by atoms with van der Waals surface area (Å²) in [6, 6.07) is 11.2. The molecule has 1 aromatic heterocycles. The van der Waals surface area contributed by atoms with Crippen LogP contribution in [0.15, 0.2) is 60.1 Å². The number of halogens is 2. The number of amidine groups is 1. The largest absolute Gasteiger partial charge is 0.507 e. The first-order valence-electron chi connectivity index (χ1n) is 13.3. The number of hydrogen-bond acceptors (Lipinski definition) is 5. The topological polar surface area (TPSA) is 89.3 Å². The van der Waals surface area contributed by atoms with Crippen LogP contribution < -0.4 is 4.90 Å². The van der Waals surface area contributed by atoms with Gasteiger partial charge in [0.05, 0.1) is 27.5 Å². The fourth-order valence-corrected chi connectivity index (χ4v) is 5.56. The molecule has 0 spiro atoms. The van der Waals surface area contributed by atoms with Gasteiger partial charge < -0.3 is 14.9 Å². The maximum absolute atomic E-state index is 15.0. The van der Waals surface area contributed by atoms with Crippen LogP contribution >= 0.6 is 11.6 Å². The maximum atomic E-state index is 15.0. The van der Waals surface area contributed by atoms with Gasteiger partial charge in [-0.3, -0.25) is 19.5 Å². The van der Waals surface area contributed by atoms with Crippen molar-refractivity contribution in [3.8, 4) is 17.0 Å². The summed E-state index contributed by atoms with van der Waals surface area (Å²) in [5.41, 5.74) is 2.67. The van der Waals surface area contributed by atoms with Gasteiger partial charge in [-0.05, 0) is 55.7 Å². The number of aromatic nitrogens is 1. The van der Waals surface area contributed by atoms with Crippen LogP contribution in [0.1, 0.15) is 30.5 Å². The Bertz CT molecular complexity index is 1510. The summed E-state index contributed by atoms with van der Waals surface area (Å²) in [5.74, 6) is -0.493. The zero-order chi connectivity index (χ0) is 29.8. The number of rotatable bonds is 7. The summed E-state index contributed by atoms with van der Waals surface area (Å²) in [5, 5.41) is 10.6. The van der Waals surface area contributed by atoms with Gasteiger partial charge in [0.1, 0.15) is 17.4 Å². The van der Waals surface area contributed by atoms with Gasteiger partial charge in [-0.25, -0.2) is 9.37 Å². The second kappa shape index (κ2) is 12.5. The van der Waals surface area contributed by atoms with E-state index in [1.54, 1.807) is 18.0 Å². The van der Waals surface area contributed by atoms with Crippen molar-refractivity contribution in [2.75, 3.05) is 31.6 Å². The van der Waals surface area contributed by atoms with Gasteiger partial charge in [-0.1, -0.05) is 49.4 Å². The number of benzene rings is 2. The Labute approximate surface area is 244 Å². The number of pyridine rings is 1. The summed E-state index contributed by atoms with van der Waals surface area (Å²) in [6.45, 7) is 10.8. The molecule has 1 N–H and O–H groups in total. The number of aliphatic imine (C=N–C) groups is 1. The van der Waals surface area contributed by atoms with Crippen molar-refractivity contribution >= 4 is 41.3 Å². The van der Waals surface area contributed by atoms with Gasteiger partial charge >= 0.3 is 0 Å². The lowest BCUT2D eigenvalue weighted by Crippen LogP contribution is -2.55. The van der Waals surface area contributed by atoms with Crippen LogP contribution in [-0.2, 0) is 16.0 Å². The van der Waals surface area contributed by atoms with Crippen LogP contribution in [0.2, 0.25) is 5.02 Å². The van der Waals surface area contributed by atoms with Crippen molar-refractivity contribution < 1.29 is 19.1 Å². The van der Waals surface area contributed by atoms with Crippen molar-refractivity contribution in [3.63, 3.8) is 0 Å². The fourth-order valence-electron chi connectivity index (χ4n) is 5.31. The molecule has 0 saturated carbocycles. The highest BCUT2D eigenvalue weighted by Crippen LogP contribution is 2.40. The number of hydrogen-bond donors (Lipinski definition) is 1. The highest BCUT2D eigenvalue weighted by Gasteiger charge is 2.32. The number of phenols is 1. The van der Waals surface area contributed by atoms with E-state index in [-0.39, 0.29) is 39.8 Å². The normalized spacial score (nSPS) is 15.6. The molecule has 41 heavy (non-hydrogen) atoms. The molecule has 0 bridgehead atoms. The Balaban J connectivity index is 1.96. The number of anilines is 2. The first-order valence-corrected chi connectivity index (χ1v) is 13.7. The summed E-state index contributed by atoms with van der Waals surface area (Å²) in [7, 11) is 1.63. The van der Waals surface area contributed by atoms with Crippen molar-refractivity contribution in [1.29, 1.82) is 0 Å². The highest BCUT2D eigenvalue weighted by atomic mass is 35.5. The maximum Gasteiger partial charge on any atom is 0.246 e. The molecular weight excluding hydrogens is 545 g/mol. The molecule has 214 valence electrons. The smallest absolute Gasteiger partial charge is 0.246 e. The number of amides is 2. The van der Waals surface area contributed by atoms with Gasteiger partial charge in [-0.2, -0.15) is 0 Å². The average Bonchev–Trinajstić information content (AvgIpc) is 2.96. The predicted octanol–water partition coefficient (Wildman–Crippen LogP) is 5.51. The van der Waals surface area contributed by atoms with E-state index in [1.165, 1.54) is 29.2 Å². The van der Waals surface area contributed by atoms with Crippen molar-refractivity contribution in [3.05, 3.63) is 82.6 Å². The molecule has 1 aliphatic rings. The van der Waals surface area contributed by atoms with E-state index < -0.39 is 5.82 Å². The second-order valence-corrected chi connectivity index (χ2v) is 10.2. The Hall–Kier alpha value is -4.24. The summed E-state index contributed by atoms with van der Waals surface area (Å²) >= 11 is 6.74. The van der Waals surface area contributed by atoms with Crippen molar-refractivity contribution in [2.24, 2.45) is 4.99 Å². The second-order valence-electron chi connectivity index (χ2n) is 9.81. The van der Waals surface area contributed by atoms with Gasteiger partial charge in [0.2, 0.25) is 12.3 Å². The first-order chi connectivity index (χ1) is 19.7. The number of nitrogens with zero attached hydrogens (tertiary/aromatic N) is 5. The minimum absolute atomic E-state index is 0.00981. The Morgan fingerprint density at radius 3 is 2.63 bits per heavy atom. The van der Waals surface area contributed by atoms with E-state index in [1.807, 2.05) is 43.9 Å². The molecule has 2 amide bonds. The van der Waals surface area contributed by atoms with Crippen molar-refractivity contribution in [2.45, 2.75) is 33.2 Å². The lowest BCUT2D eigenvalue weighted by atomic mass is 10.0. The van der Waals surface area contributed by atoms with Gasteiger partial charge in [0.25, 0.3) is 0 Å². The number of para-hydroxylation sites is 1. The average molecular weight is 578 g/mol. The van der Waals surface area contributed by atoms with Gasteiger partial charge in [0, 0.05) is 32.7 Å². The summed E-state index contributed by atoms with van der Waals surface area (Å²) in [4.78, 5) is 39.7. The third-order valence-corrected chi connectivity index (χ3v) is 7.59. The lowest BCUT2D eigenvalue weighted by molar-refractivity contribution is -0.128. The molecule has 1 unspecified atom stereocenters.